The Labute approximate surface area is 215 Å². The molecule has 0 radical (unpaired) electrons. The summed E-state index contributed by atoms with van der Waals surface area (Å²) in [6, 6.07) is 15.0. The number of urea groups is 1. The molecule has 2 amide bonds. The molecule has 3 aromatic rings. The number of anilines is 2. The summed E-state index contributed by atoms with van der Waals surface area (Å²) in [7, 11) is -3.73. The monoisotopic (exact) mass is 522 g/mol. The van der Waals surface area contributed by atoms with Crippen molar-refractivity contribution in [2.45, 2.75) is 61.3 Å². The first kappa shape index (κ1) is 23.5. The molecule has 4 aliphatic carbocycles. The van der Waals surface area contributed by atoms with E-state index in [2.05, 4.69) is 51.5 Å². The number of benzene rings is 2. The van der Waals surface area contributed by atoms with Gasteiger partial charge in [-0.2, -0.15) is 0 Å². The summed E-state index contributed by atoms with van der Waals surface area (Å²) in [5.41, 5.74) is 3.19. The third-order valence-electron chi connectivity index (χ3n) is 8.18. The van der Waals surface area contributed by atoms with E-state index in [0.29, 0.717) is 22.7 Å². The van der Waals surface area contributed by atoms with Gasteiger partial charge in [0.15, 0.2) is 5.13 Å². The Morgan fingerprint density at radius 1 is 1.00 bits per heavy atom. The molecule has 2 atom stereocenters. The molecule has 4 bridgehead atoms. The van der Waals surface area contributed by atoms with E-state index in [0.717, 1.165) is 19.3 Å². The van der Waals surface area contributed by atoms with Crippen molar-refractivity contribution >= 4 is 38.2 Å². The molecule has 188 valence electrons. The molecule has 36 heavy (non-hydrogen) atoms. The van der Waals surface area contributed by atoms with Gasteiger partial charge in [-0.15, -0.1) is 11.3 Å². The van der Waals surface area contributed by atoms with Crippen LogP contribution in [-0.2, 0) is 15.4 Å². The Morgan fingerprint density at radius 2 is 1.69 bits per heavy atom. The fourth-order valence-electron chi connectivity index (χ4n) is 7.22. The summed E-state index contributed by atoms with van der Waals surface area (Å²) in [4.78, 5) is 17.2. The van der Waals surface area contributed by atoms with E-state index in [1.165, 1.54) is 53.9 Å². The fraction of sp³-hybridized carbons (Fsp3) is 0.407. The van der Waals surface area contributed by atoms with Crippen LogP contribution in [0.4, 0.5) is 15.6 Å². The van der Waals surface area contributed by atoms with Gasteiger partial charge in [-0.05, 0) is 92.5 Å². The largest absolute Gasteiger partial charge is 0.332 e. The number of sulfonamides is 1. The number of amides is 2. The maximum Gasteiger partial charge on any atom is 0.319 e. The quantitative estimate of drug-likeness (QED) is 0.389. The molecule has 2 unspecified atom stereocenters. The first-order valence-corrected chi connectivity index (χ1v) is 14.8. The minimum atomic E-state index is -3.73. The Hall–Kier alpha value is -2.91. The number of carbonyl (C=O) groups is 1. The van der Waals surface area contributed by atoms with Crippen molar-refractivity contribution in [1.29, 1.82) is 0 Å². The van der Waals surface area contributed by atoms with Crippen molar-refractivity contribution in [1.82, 2.24) is 10.3 Å². The highest BCUT2D eigenvalue weighted by atomic mass is 32.2. The molecule has 0 saturated heterocycles. The Bertz CT molecular complexity index is 1360. The van der Waals surface area contributed by atoms with Gasteiger partial charge in [0.25, 0.3) is 10.0 Å². The molecule has 2 aromatic carbocycles. The number of thiazole rings is 1. The van der Waals surface area contributed by atoms with Crippen LogP contribution in [0.2, 0.25) is 0 Å². The van der Waals surface area contributed by atoms with Gasteiger partial charge in [0.1, 0.15) is 0 Å². The molecule has 0 spiro atoms. The Morgan fingerprint density at radius 3 is 2.33 bits per heavy atom. The fourth-order valence-corrected chi connectivity index (χ4v) is 9.01. The lowest BCUT2D eigenvalue weighted by Crippen LogP contribution is -2.64. The maximum atomic E-state index is 13.1. The van der Waals surface area contributed by atoms with E-state index in [1.54, 1.807) is 23.7 Å². The van der Waals surface area contributed by atoms with E-state index in [9.17, 15) is 13.2 Å². The van der Waals surface area contributed by atoms with Gasteiger partial charge in [0, 0.05) is 22.8 Å². The lowest BCUT2D eigenvalue weighted by molar-refractivity contribution is -0.0343. The van der Waals surface area contributed by atoms with Crippen LogP contribution in [0.15, 0.2) is 65.0 Å². The highest BCUT2D eigenvalue weighted by Crippen LogP contribution is 2.62. The highest BCUT2D eigenvalue weighted by Gasteiger charge is 2.58. The summed E-state index contributed by atoms with van der Waals surface area (Å²) in [5.74, 6) is 1.28. The van der Waals surface area contributed by atoms with Crippen LogP contribution in [0.1, 0.15) is 49.7 Å². The number of aryl methyl sites for hydroxylation is 1. The van der Waals surface area contributed by atoms with Crippen LogP contribution in [0.25, 0.3) is 0 Å². The van der Waals surface area contributed by atoms with Crippen molar-refractivity contribution in [2.75, 3.05) is 10.0 Å². The molecule has 4 fully saturated rings. The van der Waals surface area contributed by atoms with E-state index in [-0.39, 0.29) is 21.9 Å². The second-order valence-electron chi connectivity index (χ2n) is 10.9. The van der Waals surface area contributed by atoms with Crippen LogP contribution in [0, 0.1) is 18.8 Å². The third-order valence-corrected chi connectivity index (χ3v) is 10.4. The molecule has 4 aliphatic rings. The lowest BCUT2D eigenvalue weighted by Gasteiger charge is -2.62. The summed E-state index contributed by atoms with van der Waals surface area (Å²) >= 11 is 1.21. The van der Waals surface area contributed by atoms with Gasteiger partial charge >= 0.3 is 6.03 Å². The number of carbonyl (C=O) groups excluding carboxylic acids is 1. The first-order chi connectivity index (χ1) is 17.2. The Kier molecular flexibility index (Phi) is 5.60. The van der Waals surface area contributed by atoms with Crippen LogP contribution in [-0.4, -0.2) is 25.0 Å². The standard InChI is InChI=1S/C27H30N4O3S2/c1-18-2-4-21(5-3-18)26-13-19-12-20(14-26)16-27(15-19,17-26)30-24(32)29-22-6-8-23(9-7-22)36(33,34)31-25-28-10-11-35-25/h2-11,19-20H,12-17H2,1H3,(H,28,31)(H2,29,30,32). The second-order valence-corrected chi connectivity index (χ2v) is 13.5. The van der Waals surface area contributed by atoms with Crippen LogP contribution in [0.5, 0.6) is 0 Å². The predicted octanol–water partition coefficient (Wildman–Crippen LogP) is 5.66. The number of hydrogen-bond acceptors (Lipinski definition) is 5. The minimum absolute atomic E-state index is 0.116. The van der Waals surface area contributed by atoms with E-state index < -0.39 is 10.0 Å². The molecular weight excluding hydrogens is 492 g/mol. The zero-order valence-electron chi connectivity index (χ0n) is 20.2. The number of hydrogen-bond donors (Lipinski definition) is 3. The number of rotatable bonds is 6. The summed E-state index contributed by atoms with van der Waals surface area (Å²) in [6.07, 6.45) is 8.27. The highest BCUT2D eigenvalue weighted by molar-refractivity contribution is 7.93. The molecule has 1 aromatic heterocycles. The molecule has 4 saturated carbocycles. The van der Waals surface area contributed by atoms with Crippen LogP contribution < -0.4 is 15.4 Å². The number of nitrogens with one attached hydrogen (secondary N) is 3. The van der Waals surface area contributed by atoms with Gasteiger partial charge in [-0.1, -0.05) is 29.8 Å². The molecule has 1 heterocycles. The average molecular weight is 523 g/mol. The van der Waals surface area contributed by atoms with Crippen LogP contribution >= 0.6 is 11.3 Å². The molecule has 7 nitrogen and oxygen atoms in total. The lowest BCUT2D eigenvalue weighted by atomic mass is 9.45. The van der Waals surface area contributed by atoms with E-state index in [1.807, 2.05) is 0 Å². The van der Waals surface area contributed by atoms with Gasteiger partial charge in [-0.25, -0.2) is 18.2 Å². The summed E-state index contributed by atoms with van der Waals surface area (Å²) in [5, 5.41) is 8.31. The number of nitrogens with zero attached hydrogens (tertiary/aromatic N) is 1. The first-order valence-electron chi connectivity index (χ1n) is 12.4. The summed E-state index contributed by atoms with van der Waals surface area (Å²) < 4.78 is 27.6. The van der Waals surface area contributed by atoms with Crippen molar-refractivity contribution < 1.29 is 13.2 Å². The summed E-state index contributed by atoms with van der Waals surface area (Å²) in [6.45, 7) is 2.12. The van der Waals surface area contributed by atoms with Crippen LogP contribution in [0.3, 0.4) is 0 Å². The second kappa shape index (κ2) is 8.59. The molecular formula is C27H30N4O3S2. The SMILES string of the molecule is Cc1ccc(C23CC4CC(CC(NC(=O)Nc5ccc(S(=O)(=O)Nc6nccs6)cc5)(C4)C2)C3)cc1. The van der Waals surface area contributed by atoms with Gasteiger partial charge in [-0.3, -0.25) is 4.72 Å². The van der Waals surface area contributed by atoms with E-state index >= 15 is 0 Å². The van der Waals surface area contributed by atoms with E-state index in [4.69, 9.17) is 0 Å². The van der Waals surface area contributed by atoms with Gasteiger partial charge in [0.05, 0.1) is 4.90 Å². The third kappa shape index (κ3) is 4.39. The predicted molar refractivity (Wildman–Crippen MR) is 142 cm³/mol. The van der Waals surface area contributed by atoms with Gasteiger partial charge < -0.3 is 10.6 Å². The van der Waals surface area contributed by atoms with Crippen molar-refractivity contribution in [3.8, 4) is 0 Å². The minimum Gasteiger partial charge on any atom is -0.332 e. The van der Waals surface area contributed by atoms with Crippen molar-refractivity contribution in [3.05, 3.63) is 71.2 Å². The zero-order chi connectivity index (χ0) is 25.0. The molecule has 0 aliphatic heterocycles. The van der Waals surface area contributed by atoms with Gasteiger partial charge in [0.2, 0.25) is 0 Å². The Balaban J connectivity index is 1.15. The van der Waals surface area contributed by atoms with Crippen molar-refractivity contribution in [3.63, 3.8) is 0 Å². The maximum absolute atomic E-state index is 13.1. The average Bonchev–Trinajstić information content (AvgIpc) is 3.31. The topological polar surface area (TPSA) is 100 Å². The number of aromatic nitrogens is 1. The zero-order valence-corrected chi connectivity index (χ0v) is 21.8. The smallest absolute Gasteiger partial charge is 0.319 e. The normalized spacial score (nSPS) is 28.6. The molecule has 7 rings (SSSR count). The molecule has 3 N–H and O–H groups in total. The van der Waals surface area contributed by atoms with Crippen molar-refractivity contribution in [2.24, 2.45) is 11.8 Å². The molecule has 9 heteroatoms.